The molecular formula is C23H28N4O4. The summed E-state index contributed by atoms with van der Waals surface area (Å²) in [4.78, 5) is 23.5. The van der Waals surface area contributed by atoms with Gasteiger partial charge in [-0.25, -0.2) is 10.9 Å². The van der Waals surface area contributed by atoms with Gasteiger partial charge in [0.25, 0.3) is 0 Å². The molecule has 0 aliphatic rings. The number of carbonyl (C=O) groups excluding carboxylic acids is 2. The third kappa shape index (κ3) is 9.58. The van der Waals surface area contributed by atoms with E-state index in [1.165, 1.54) is 12.4 Å². The van der Waals surface area contributed by atoms with E-state index in [2.05, 4.69) is 21.1 Å². The fourth-order valence-electron chi connectivity index (χ4n) is 2.75. The van der Waals surface area contributed by atoms with Crippen molar-refractivity contribution in [3.63, 3.8) is 0 Å². The summed E-state index contributed by atoms with van der Waals surface area (Å²) in [6.45, 7) is 0. The lowest BCUT2D eigenvalue weighted by atomic mass is 10.1. The minimum absolute atomic E-state index is 0.108. The van der Waals surface area contributed by atoms with Crippen LogP contribution in [-0.2, 0) is 9.59 Å². The summed E-state index contributed by atoms with van der Waals surface area (Å²) in [5, 5.41) is 26.9. The van der Waals surface area contributed by atoms with E-state index in [1.54, 1.807) is 48.5 Å². The molecule has 0 heterocycles. The van der Waals surface area contributed by atoms with Crippen molar-refractivity contribution in [3.8, 4) is 11.5 Å². The molecule has 0 aliphatic carbocycles. The number of hydrogen-bond donors (Lipinski definition) is 4. The predicted octanol–water partition coefficient (Wildman–Crippen LogP) is 3.43. The standard InChI is InChI=1S/C23H28N4O4/c28-20-12-8-6-10-18(20)16-24-26-22(30)14-4-2-1-3-5-15-23(31)27-25-17-19-11-7-9-13-21(19)29/h6-13,16-17,28-29H,1-5,14-15H2,(H,26,30)(H,27,31)/b24-16-,25-17-. The zero-order valence-corrected chi connectivity index (χ0v) is 17.3. The van der Waals surface area contributed by atoms with Crippen LogP contribution in [0.25, 0.3) is 0 Å². The fourth-order valence-corrected chi connectivity index (χ4v) is 2.75. The van der Waals surface area contributed by atoms with Gasteiger partial charge >= 0.3 is 0 Å². The molecule has 0 saturated heterocycles. The van der Waals surface area contributed by atoms with E-state index in [4.69, 9.17) is 0 Å². The molecule has 0 atom stereocenters. The van der Waals surface area contributed by atoms with Gasteiger partial charge in [0.1, 0.15) is 11.5 Å². The number of benzene rings is 2. The summed E-state index contributed by atoms with van der Waals surface area (Å²) in [6.07, 6.45) is 7.77. The van der Waals surface area contributed by atoms with E-state index in [9.17, 15) is 19.8 Å². The lowest BCUT2D eigenvalue weighted by Crippen LogP contribution is -2.17. The van der Waals surface area contributed by atoms with Crippen molar-refractivity contribution in [1.29, 1.82) is 0 Å². The van der Waals surface area contributed by atoms with Crippen molar-refractivity contribution in [3.05, 3.63) is 59.7 Å². The van der Waals surface area contributed by atoms with E-state index in [0.29, 0.717) is 24.0 Å². The van der Waals surface area contributed by atoms with Gasteiger partial charge in [0.05, 0.1) is 12.4 Å². The molecule has 0 radical (unpaired) electrons. The number of aromatic hydroxyl groups is 2. The predicted molar refractivity (Wildman–Crippen MR) is 120 cm³/mol. The average molecular weight is 425 g/mol. The summed E-state index contributed by atoms with van der Waals surface area (Å²) < 4.78 is 0. The van der Waals surface area contributed by atoms with Crippen molar-refractivity contribution in [2.45, 2.75) is 44.9 Å². The molecule has 2 aromatic carbocycles. The Kier molecular flexibility index (Phi) is 10.3. The van der Waals surface area contributed by atoms with E-state index >= 15 is 0 Å². The largest absolute Gasteiger partial charge is 0.507 e. The molecule has 4 N–H and O–H groups in total. The van der Waals surface area contributed by atoms with Crippen molar-refractivity contribution < 1.29 is 19.8 Å². The van der Waals surface area contributed by atoms with Crippen LogP contribution in [0.5, 0.6) is 11.5 Å². The summed E-state index contributed by atoms with van der Waals surface area (Å²) in [7, 11) is 0. The van der Waals surface area contributed by atoms with Crippen molar-refractivity contribution in [2.75, 3.05) is 0 Å². The Morgan fingerprint density at radius 1 is 0.677 bits per heavy atom. The maximum absolute atomic E-state index is 11.8. The number of amides is 2. The Labute approximate surface area is 181 Å². The first-order chi connectivity index (χ1) is 15.1. The maximum Gasteiger partial charge on any atom is 0.240 e. The molecule has 2 rings (SSSR count). The van der Waals surface area contributed by atoms with E-state index in [1.807, 2.05) is 0 Å². The second kappa shape index (κ2) is 13.5. The van der Waals surface area contributed by atoms with Crippen LogP contribution in [0.1, 0.15) is 56.1 Å². The zero-order valence-electron chi connectivity index (χ0n) is 17.3. The topological polar surface area (TPSA) is 123 Å². The molecule has 0 aromatic heterocycles. The smallest absolute Gasteiger partial charge is 0.240 e. The van der Waals surface area contributed by atoms with Crippen LogP contribution < -0.4 is 10.9 Å². The first-order valence-corrected chi connectivity index (χ1v) is 10.3. The van der Waals surface area contributed by atoms with Gasteiger partial charge in [-0.05, 0) is 37.1 Å². The van der Waals surface area contributed by atoms with Gasteiger partial charge in [0.2, 0.25) is 11.8 Å². The molecule has 0 fully saturated rings. The van der Waals surface area contributed by atoms with Gasteiger partial charge in [0, 0.05) is 24.0 Å². The number of carbonyl (C=O) groups is 2. The fraction of sp³-hybridized carbons (Fsp3) is 0.304. The minimum Gasteiger partial charge on any atom is -0.507 e. The summed E-state index contributed by atoms with van der Waals surface area (Å²) in [5.74, 6) is -0.130. The number of phenols is 2. The van der Waals surface area contributed by atoms with Gasteiger partial charge in [-0.1, -0.05) is 43.5 Å². The van der Waals surface area contributed by atoms with Crippen LogP contribution in [0.3, 0.4) is 0 Å². The Morgan fingerprint density at radius 2 is 1.06 bits per heavy atom. The second-order valence-electron chi connectivity index (χ2n) is 6.97. The number of hydrogen-bond acceptors (Lipinski definition) is 6. The molecule has 2 aromatic rings. The second-order valence-corrected chi connectivity index (χ2v) is 6.97. The molecule has 164 valence electrons. The first-order valence-electron chi connectivity index (χ1n) is 10.3. The highest BCUT2D eigenvalue weighted by Crippen LogP contribution is 2.13. The molecule has 0 unspecified atom stereocenters. The Morgan fingerprint density at radius 3 is 1.48 bits per heavy atom. The van der Waals surface area contributed by atoms with Gasteiger partial charge in [0.15, 0.2) is 0 Å². The van der Waals surface area contributed by atoms with Gasteiger partial charge in [-0.3, -0.25) is 9.59 Å². The average Bonchev–Trinajstić information content (AvgIpc) is 2.76. The summed E-state index contributed by atoms with van der Waals surface area (Å²) in [5.41, 5.74) is 5.97. The zero-order chi connectivity index (χ0) is 22.3. The molecule has 8 heteroatoms. The molecule has 8 nitrogen and oxygen atoms in total. The molecule has 0 saturated carbocycles. The molecular weight excluding hydrogens is 396 g/mol. The number of hydrazone groups is 2. The number of nitrogens with one attached hydrogen (secondary N) is 2. The van der Waals surface area contributed by atoms with Gasteiger partial charge < -0.3 is 10.2 Å². The molecule has 0 spiro atoms. The van der Waals surface area contributed by atoms with E-state index < -0.39 is 0 Å². The monoisotopic (exact) mass is 424 g/mol. The highest BCUT2D eigenvalue weighted by Gasteiger charge is 2.02. The molecule has 0 bridgehead atoms. The van der Waals surface area contributed by atoms with Crippen molar-refractivity contribution in [2.24, 2.45) is 10.2 Å². The number of para-hydroxylation sites is 2. The Bertz CT molecular complexity index is 838. The molecule has 0 aliphatic heterocycles. The van der Waals surface area contributed by atoms with E-state index in [-0.39, 0.29) is 23.3 Å². The van der Waals surface area contributed by atoms with Crippen LogP contribution in [0, 0.1) is 0 Å². The van der Waals surface area contributed by atoms with E-state index in [0.717, 1.165) is 32.1 Å². The van der Waals surface area contributed by atoms with Crippen LogP contribution in [0.4, 0.5) is 0 Å². The minimum atomic E-state index is -0.173. The lowest BCUT2D eigenvalue weighted by Gasteiger charge is -2.02. The lowest BCUT2D eigenvalue weighted by molar-refractivity contribution is -0.121. The highest BCUT2D eigenvalue weighted by atomic mass is 16.3. The first kappa shape index (κ1) is 23.6. The number of unbranched alkanes of at least 4 members (excludes halogenated alkanes) is 4. The molecule has 2 amide bonds. The number of phenolic OH excluding ortho intramolecular Hbond substituents is 2. The van der Waals surface area contributed by atoms with Crippen molar-refractivity contribution >= 4 is 24.2 Å². The quantitative estimate of drug-likeness (QED) is 0.237. The molecule has 31 heavy (non-hydrogen) atoms. The van der Waals surface area contributed by atoms with Gasteiger partial charge in [-0.2, -0.15) is 10.2 Å². The van der Waals surface area contributed by atoms with Crippen LogP contribution >= 0.6 is 0 Å². The maximum atomic E-state index is 11.8. The SMILES string of the molecule is O=C(CCCCCCCC(=O)N/N=C\c1ccccc1O)N/N=C\c1ccccc1O. The highest BCUT2D eigenvalue weighted by molar-refractivity contribution is 5.85. The summed E-state index contributed by atoms with van der Waals surface area (Å²) in [6, 6.07) is 13.5. The normalized spacial score (nSPS) is 11.1. The number of nitrogens with zero attached hydrogens (tertiary/aromatic N) is 2. The third-order valence-electron chi connectivity index (χ3n) is 4.47. The van der Waals surface area contributed by atoms with Crippen molar-refractivity contribution in [1.82, 2.24) is 10.9 Å². The Balaban J connectivity index is 1.48. The van der Waals surface area contributed by atoms with Crippen LogP contribution in [0.15, 0.2) is 58.7 Å². The summed E-state index contributed by atoms with van der Waals surface area (Å²) >= 11 is 0. The Hall–Kier alpha value is -3.68. The van der Waals surface area contributed by atoms with Crippen LogP contribution in [0.2, 0.25) is 0 Å². The van der Waals surface area contributed by atoms with Crippen LogP contribution in [-0.4, -0.2) is 34.5 Å². The third-order valence-corrected chi connectivity index (χ3v) is 4.47. The number of rotatable bonds is 12. The van der Waals surface area contributed by atoms with Gasteiger partial charge in [-0.15, -0.1) is 0 Å².